The van der Waals surface area contributed by atoms with E-state index in [4.69, 9.17) is 61.9 Å². The quantitative estimate of drug-likeness (QED) is 0.0190. The molecule has 726 valence electrons. The van der Waals surface area contributed by atoms with E-state index in [0.29, 0.717) is 128 Å². The molecule has 1 aromatic carbocycles. The standard InChI is InChI=1S/C87H139N13O29/c1-14-59(6)79(65(118-11)54-74(110)98-33-20-23-64(98)80(119-12)60(7)81(111)92-63(87(117)120-13)53-62-21-16-15-17-22-62)97(10)86(116)75(57(2)3)95-84(114)78(58(4)5)96(9)85(115)61(8)91-67(103)25-19-31-90-83(113)77(94-69(105)56-100-72(108)28-29-73(100)109)76(93-68(104)55-99-70(106)26-27-71(99)107)82(112)89-30-18-24-66(102)88-32-35-121-37-39-123-41-43-125-45-47-127-49-51-129-52-50-128-48-46-126-44-42-124-40-38-122-36-34-101/h15-17,21-22,26-29,57-61,63-65,75-80,101H,14,18-20,23-25,30-56H2,1-13H3,(H,88,102)(H,89,112)(H,90,113)(H,91,103)(H,92,111)(H,93,104)(H,94,105)(H,95,114)/t59-,60+,61-,63-,64-,65+,75-,76?,77?,78-,79-,80+/m0/s1. The molecule has 0 bridgehead atoms. The van der Waals surface area contributed by atoms with E-state index in [-0.39, 0.29) is 103 Å². The number of benzene rings is 1. The lowest BCUT2D eigenvalue weighted by Crippen LogP contribution is -2.65. The molecule has 42 heteroatoms. The molecule has 0 saturated carbocycles. The summed E-state index contributed by atoms with van der Waals surface area (Å²) >= 11 is 0. The molecule has 4 rings (SSSR count). The summed E-state index contributed by atoms with van der Waals surface area (Å²) in [5.41, 5.74) is 0.806. The van der Waals surface area contributed by atoms with E-state index >= 15 is 0 Å². The number of methoxy groups -OCH3 is 3. The van der Waals surface area contributed by atoms with E-state index in [1.165, 1.54) is 40.2 Å². The van der Waals surface area contributed by atoms with Gasteiger partial charge in [0.05, 0.1) is 169 Å². The highest BCUT2D eigenvalue weighted by Crippen LogP contribution is 2.30. The first-order valence-electron chi connectivity index (χ1n) is 44.0. The van der Waals surface area contributed by atoms with Crippen LogP contribution < -0.4 is 42.5 Å². The summed E-state index contributed by atoms with van der Waals surface area (Å²) in [6.45, 7) is 18.1. The number of aliphatic hydroxyl groups is 1. The first-order chi connectivity index (χ1) is 61.8. The summed E-state index contributed by atoms with van der Waals surface area (Å²) in [5, 5.41) is 29.3. The topological polar surface area (TPSA) is 517 Å². The summed E-state index contributed by atoms with van der Waals surface area (Å²) in [5.74, 6) is -14.7. The van der Waals surface area contributed by atoms with Gasteiger partial charge < -0.3 is 119 Å². The molecule has 3 aliphatic heterocycles. The van der Waals surface area contributed by atoms with Crippen molar-refractivity contribution in [2.24, 2.45) is 23.7 Å². The molecule has 42 nitrogen and oxygen atoms in total. The van der Waals surface area contributed by atoms with Crippen LogP contribution in [0.3, 0.4) is 0 Å². The number of nitrogens with zero attached hydrogens (tertiary/aromatic N) is 5. The Morgan fingerprint density at radius 3 is 1.35 bits per heavy atom. The Morgan fingerprint density at radius 1 is 0.481 bits per heavy atom. The molecule has 1 fully saturated rings. The molecular formula is C87H139N13O29. The van der Waals surface area contributed by atoms with Gasteiger partial charge >= 0.3 is 5.97 Å². The highest BCUT2D eigenvalue weighted by Gasteiger charge is 2.46. The summed E-state index contributed by atoms with van der Waals surface area (Å²) < 4.78 is 66.0. The van der Waals surface area contributed by atoms with Crippen molar-refractivity contribution in [2.45, 2.75) is 174 Å². The van der Waals surface area contributed by atoms with Gasteiger partial charge in [-0.05, 0) is 55.9 Å². The van der Waals surface area contributed by atoms with Crippen LogP contribution in [0.4, 0.5) is 0 Å². The number of carbonyl (C=O) groups excluding carboxylic acids is 16. The van der Waals surface area contributed by atoms with Gasteiger partial charge in [-0.3, -0.25) is 81.7 Å². The fourth-order valence-electron chi connectivity index (χ4n) is 14.4. The van der Waals surface area contributed by atoms with E-state index in [1.807, 2.05) is 44.2 Å². The maximum Gasteiger partial charge on any atom is 0.328 e. The van der Waals surface area contributed by atoms with Crippen molar-refractivity contribution in [3.8, 4) is 0 Å². The zero-order valence-corrected chi connectivity index (χ0v) is 76.9. The minimum absolute atomic E-state index is 0.00245. The zero-order valence-electron chi connectivity index (χ0n) is 76.9. The first kappa shape index (κ1) is 111. The molecule has 9 N–H and O–H groups in total. The normalized spacial score (nSPS) is 16.3. The molecule has 2 unspecified atom stereocenters. The van der Waals surface area contributed by atoms with Gasteiger partial charge in [-0.1, -0.05) is 85.2 Å². The number of hydrogen-bond acceptors (Lipinski definition) is 29. The van der Waals surface area contributed by atoms with Crippen molar-refractivity contribution in [3.05, 3.63) is 60.2 Å². The number of amides is 15. The van der Waals surface area contributed by atoms with Crippen molar-refractivity contribution < 1.29 is 139 Å². The van der Waals surface area contributed by atoms with E-state index in [1.54, 1.807) is 46.6 Å². The Balaban J connectivity index is 1.30. The van der Waals surface area contributed by atoms with Crippen LogP contribution >= 0.6 is 0 Å². The van der Waals surface area contributed by atoms with Crippen LogP contribution in [0, 0.1) is 23.7 Å². The maximum absolute atomic E-state index is 15.0. The van der Waals surface area contributed by atoms with Gasteiger partial charge in [0.15, 0.2) is 0 Å². The number of ether oxygens (including phenoxy) is 12. The number of esters is 1. The van der Waals surface area contributed by atoms with Crippen LogP contribution in [0.5, 0.6) is 0 Å². The second kappa shape index (κ2) is 62.4. The average Bonchev–Trinajstić information content (AvgIpc) is 1.69. The Bertz CT molecular complexity index is 3730. The summed E-state index contributed by atoms with van der Waals surface area (Å²) in [7, 11) is 7.10. The van der Waals surface area contributed by atoms with Gasteiger partial charge in [-0.15, -0.1) is 0 Å². The lowest BCUT2D eigenvalue weighted by atomic mass is 9.89. The molecule has 0 radical (unpaired) electrons. The summed E-state index contributed by atoms with van der Waals surface area (Å²) in [4.78, 5) is 223. The fraction of sp³-hybridized carbons (Fsp3) is 0.701. The van der Waals surface area contributed by atoms with Crippen molar-refractivity contribution >= 4 is 94.6 Å². The minimum atomic E-state index is -2.08. The summed E-state index contributed by atoms with van der Waals surface area (Å²) in [6.07, 6.45) is 2.97. The van der Waals surface area contributed by atoms with Gasteiger partial charge in [0.1, 0.15) is 49.3 Å². The van der Waals surface area contributed by atoms with E-state index in [2.05, 4.69) is 42.5 Å². The van der Waals surface area contributed by atoms with Crippen LogP contribution in [-0.4, -0.2) is 385 Å². The molecule has 1 aromatic rings. The number of nitrogens with one attached hydrogen (secondary N) is 8. The Hall–Kier alpha value is -9.86. The van der Waals surface area contributed by atoms with E-state index < -0.39 is 180 Å². The van der Waals surface area contributed by atoms with Gasteiger partial charge in [0, 0.05) is 98.1 Å². The molecule has 3 heterocycles. The number of likely N-dealkylation sites (N-methyl/N-ethyl adjacent to an activating group) is 2. The smallest absolute Gasteiger partial charge is 0.328 e. The fourth-order valence-corrected chi connectivity index (χ4v) is 14.4. The highest BCUT2D eigenvalue weighted by atomic mass is 16.6. The third kappa shape index (κ3) is 40.2. The van der Waals surface area contributed by atoms with Crippen LogP contribution in [0.2, 0.25) is 0 Å². The molecule has 129 heavy (non-hydrogen) atoms. The van der Waals surface area contributed by atoms with Crippen LogP contribution in [0.1, 0.15) is 112 Å². The predicted octanol–water partition coefficient (Wildman–Crippen LogP) is -2.19. The highest BCUT2D eigenvalue weighted by molar-refractivity contribution is 6.15. The molecule has 12 atom stereocenters. The second-order valence-corrected chi connectivity index (χ2v) is 31.7. The SMILES string of the molecule is CC[C@H](C)[C@@H]([C@@H](CC(=O)N1CCC[C@H]1[C@H](OC)[C@@H](C)C(=O)N[C@@H](Cc1ccccc1)C(=O)OC)OC)N(C)C(=O)[C@@H](NC(=O)[C@H](C(C)C)N(C)C(=O)[C@H](C)NC(=O)CCCNC(=O)C(NC(=O)CN1C(=O)C=CC1=O)C(NC(=O)CN1C(=O)C=CC1=O)C(=O)NCCCC(=O)NCCOCCOCCOCCOCCOCCOCCOCCOCCOCCO)C(C)C. The Kier molecular flexibility index (Phi) is 53.9. The number of imide groups is 2. The first-order valence-corrected chi connectivity index (χ1v) is 44.0. The molecule has 15 amide bonds. The van der Waals surface area contributed by atoms with Gasteiger partial charge in [-0.25, -0.2) is 4.79 Å². The maximum atomic E-state index is 15.0. The van der Waals surface area contributed by atoms with Crippen LogP contribution in [0.15, 0.2) is 54.6 Å². The zero-order chi connectivity index (χ0) is 95.3. The lowest BCUT2D eigenvalue weighted by Gasteiger charge is -2.41. The number of hydrogen-bond donors (Lipinski definition) is 9. The molecular weight excluding hydrogens is 1690 g/mol. The molecule has 3 aliphatic rings. The predicted molar refractivity (Wildman–Crippen MR) is 464 cm³/mol. The monoisotopic (exact) mass is 1830 g/mol. The molecule has 0 aromatic heterocycles. The number of likely N-dealkylation sites (tertiary alicyclic amines) is 1. The van der Waals surface area contributed by atoms with Crippen LogP contribution in [-0.2, 0) is 140 Å². The van der Waals surface area contributed by atoms with Crippen molar-refractivity contribution in [1.82, 2.24) is 67.0 Å². The second-order valence-electron chi connectivity index (χ2n) is 31.7. The Labute approximate surface area is 755 Å². The van der Waals surface area contributed by atoms with E-state index in [0.717, 1.165) is 34.8 Å². The van der Waals surface area contributed by atoms with Crippen molar-refractivity contribution in [3.63, 3.8) is 0 Å². The number of carbonyl (C=O) groups is 16. The van der Waals surface area contributed by atoms with Crippen LogP contribution in [0.25, 0.3) is 0 Å². The largest absolute Gasteiger partial charge is 0.467 e. The lowest BCUT2D eigenvalue weighted by molar-refractivity contribution is -0.149. The third-order valence-corrected chi connectivity index (χ3v) is 21.5. The molecule has 1 saturated heterocycles. The van der Waals surface area contributed by atoms with Crippen molar-refractivity contribution in [2.75, 3.05) is 200 Å². The van der Waals surface area contributed by atoms with Gasteiger partial charge in [-0.2, -0.15) is 0 Å². The average molecular weight is 1830 g/mol. The number of rotatable bonds is 69. The van der Waals surface area contributed by atoms with Gasteiger partial charge in [0.2, 0.25) is 65.0 Å². The molecule has 0 aliphatic carbocycles. The Morgan fingerprint density at radius 2 is 0.930 bits per heavy atom. The summed E-state index contributed by atoms with van der Waals surface area (Å²) in [6, 6.07) is -0.874. The molecule has 0 spiro atoms. The van der Waals surface area contributed by atoms with Gasteiger partial charge in [0.25, 0.3) is 23.6 Å². The minimum Gasteiger partial charge on any atom is -0.467 e. The third-order valence-electron chi connectivity index (χ3n) is 21.5. The van der Waals surface area contributed by atoms with Crippen molar-refractivity contribution in [1.29, 1.82) is 0 Å². The van der Waals surface area contributed by atoms with E-state index in [9.17, 15) is 76.7 Å². The number of aliphatic hydroxyl groups excluding tert-OH is 1.